The Kier molecular flexibility index (Phi) is 6.79. The predicted molar refractivity (Wildman–Crippen MR) is 124 cm³/mol. The number of anilines is 2. The fourth-order valence-corrected chi connectivity index (χ4v) is 5.36. The number of sulfonamides is 1. The van der Waals surface area contributed by atoms with E-state index in [0.29, 0.717) is 31.9 Å². The zero-order chi connectivity index (χ0) is 22.8. The van der Waals surface area contributed by atoms with Gasteiger partial charge in [0.2, 0.25) is 15.9 Å². The fraction of sp³-hybridized carbons (Fsp3) is 0.435. The lowest BCUT2D eigenvalue weighted by molar-refractivity contribution is -0.132. The summed E-state index contributed by atoms with van der Waals surface area (Å²) in [7, 11) is -1.99. The molecular weight excluding hydrogens is 414 g/mol. The number of aryl methyl sites for hydroxylation is 2. The number of methoxy groups -OCH3 is 1. The molecule has 7 nitrogen and oxygen atoms in total. The highest BCUT2D eigenvalue weighted by molar-refractivity contribution is 7.92. The summed E-state index contributed by atoms with van der Waals surface area (Å²) >= 11 is 0. The minimum atomic E-state index is -3.64. The first-order chi connectivity index (χ1) is 14.6. The molecule has 31 heavy (non-hydrogen) atoms. The van der Waals surface area contributed by atoms with Gasteiger partial charge < -0.3 is 14.5 Å². The van der Waals surface area contributed by atoms with Crippen LogP contribution in [0.5, 0.6) is 5.75 Å². The van der Waals surface area contributed by atoms with Crippen LogP contribution in [0.4, 0.5) is 11.4 Å². The Hall–Kier alpha value is -2.74. The molecule has 168 valence electrons. The highest BCUT2D eigenvalue weighted by atomic mass is 32.2. The molecule has 8 heteroatoms. The average molecular weight is 446 g/mol. The molecule has 1 atom stereocenters. The van der Waals surface area contributed by atoms with E-state index in [0.717, 1.165) is 28.8 Å². The van der Waals surface area contributed by atoms with Gasteiger partial charge in [0.05, 0.1) is 24.7 Å². The third-order valence-corrected chi connectivity index (χ3v) is 6.79. The average Bonchev–Trinajstić information content (AvgIpc) is 2.71. The van der Waals surface area contributed by atoms with E-state index >= 15 is 0 Å². The molecule has 0 spiro atoms. The molecule has 0 radical (unpaired) electrons. The molecule has 2 aromatic carbocycles. The second-order valence-electron chi connectivity index (χ2n) is 8.06. The van der Waals surface area contributed by atoms with E-state index in [2.05, 4.69) is 4.90 Å². The summed E-state index contributed by atoms with van der Waals surface area (Å²) in [6, 6.07) is 12.6. The molecular formula is C23H31N3O4S. The number of para-hydroxylation sites is 2. The summed E-state index contributed by atoms with van der Waals surface area (Å²) in [6.07, 6.45) is 1.15. The SMILES string of the molecule is COc1ccccc1N1CCN(C(=O)[C@@H](C)N(c2cc(C)cc(C)c2)S(C)(=O)=O)CC1. The van der Waals surface area contributed by atoms with Crippen LogP contribution >= 0.6 is 0 Å². The van der Waals surface area contributed by atoms with Gasteiger partial charge in [-0.2, -0.15) is 0 Å². The number of rotatable bonds is 6. The van der Waals surface area contributed by atoms with Gasteiger partial charge in [-0.3, -0.25) is 9.10 Å². The van der Waals surface area contributed by atoms with Gasteiger partial charge in [0, 0.05) is 26.2 Å². The lowest BCUT2D eigenvalue weighted by atomic mass is 10.1. The van der Waals surface area contributed by atoms with Crippen molar-refractivity contribution in [1.82, 2.24) is 4.90 Å². The van der Waals surface area contributed by atoms with Gasteiger partial charge in [-0.25, -0.2) is 8.42 Å². The molecule has 3 rings (SSSR count). The minimum Gasteiger partial charge on any atom is -0.495 e. The van der Waals surface area contributed by atoms with E-state index in [-0.39, 0.29) is 5.91 Å². The van der Waals surface area contributed by atoms with Crippen LogP contribution in [0.15, 0.2) is 42.5 Å². The van der Waals surface area contributed by atoms with Crippen molar-refractivity contribution in [3.05, 3.63) is 53.6 Å². The Morgan fingerprint density at radius 2 is 1.61 bits per heavy atom. The quantitative estimate of drug-likeness (QED) is 0.684. The van der Waals surface area contributed by atoms with Crippen molar-refractivity contribution in [3.63, 3.8) is 0 Å². The van der Waals surface area contributed by atoms with Gasteiger partial charge >= 0.3 is 0 Å². The first-order valence-electron chi connectivity index (χ1n) is 10.4. The standard InChI is InChI=1S/C23H31N3O4S/c1-17-14-18(2)16-20(15-17)26(31(5,28)29)19(3)23(27)25-12-10-24(11-13-25)21-8-6-7-9-22(21)30-4/h6-9,14-16,19H,10-13H2,1-5H3/t19-/m1/s1. The molecule has 1 aliphatic heterocycles. The van der Waals surface area contributed by atoms with Crippen LogP contribution in [0, 0.1) is 13.8 Å². The number of carbonyl (C=O) groups is 1. The maximum atomic E-state index is 13.3. The number of piperazine rings is 1. The van der Waals surface area contributed by atoms with Crippen molar-refractivity contribution in [2.75, 3.05) is 48.7 Å². The highest BCUT2D eigenvalue weighted by Crippen LogP contribution is 2.29. The molecule has 1 fully saturated rings. The Bertz CT molecular complexity index is 1030. The first-order valence-corrected chi connectivity index (χ1v) is 12.2. The zero-order valence-corrected chi connectivity index (χ0v) is 19.6. The second-order valence-corrected chi connectivity index (χ2v) is 9.92. The zero-order valence-electron chi connectivity index (χ0n) is 18.8. The molecule has 1 saturated heterocycles. The van der Waals surface area contributed by atoms with Gasteiger partial charge in [0.25, 0.3) is 0 Å². The fourth-order valence-electron chi connectivity index (χ4n) is 4.20. The topological polar surface area (TPSA) is 70.2 Å². The first kappa shape index (κ1) is 22.9. The Morgan fingerprint density at radius 3 is 2.16 bits per heavy atom. The van der Waals surface area contributed by atoms with E-state index in [4.69, 9.17) is 4.74 Å². The molecule has 0 N–H and O–H groups in total. The maximum Gasteiger partial charge on any atom is 0.246 e. The summed E-state index contributed by atoms with van der Waals surface area (Å²) in [6.45, 7) is 7.84. The summed E-state index contributed by atoms with van der Waals surface area (Å²) in [5.41, 5.74) is 3.43. The smallest absolute Gasteiger partial charge is 0.246 e. The van der Waals surface area contributed by atoms with E-state index in [1.54, 1.807) is 31.1 Å². The van der Waals surface area contributed by atoms with Gasteiger partial charge in [-0.1, -0.05) is 18.2 Å². The number of ether oxygens (including phenoxy) is 1. The third-order valence-electron chi connectivity index (χ3n) is 5.54. The largest absolute Gasteiger partial charge is 0.495 e. The normalized spacial score (nSPS) is 15.5. The summed E-state index contributed by atoms with van der Waals surface area (Å²) in [5, 5.41) is 0. The molecule has 1 amide bonds. The number of benzene rings is 2. The van der Waals surface area contributed by atoms with Crippen molar-refractivity contribution in [3.8, 4) is 5.75 Å². The molecule has 0 bridgehead atoms. The number of nitrogens with zero attached hydrogens (tertiary/aromatic N) is 3. The van der Waals surface area contributed by atoms with Crippen molar-refractivity contribution >= 4 is 27.3 Å². The van der Waals surface area contributed by atoms with E-state index < -0.39 is 16.1 Å². The lowest BCUT2D eigenvalue weighted by Crippen LogP contribution is -2.55. The van der Waals surface area contributed by atoms with Crippen LogP contribution in [0.25, 0.3) is 0 Å². The lowest BCUT2D eigenvalue weighted by Gasteiger charge is -2.39. The van der Waals surface area contributed by atoms with Crippen LogP contribution in [0.1, 0.15) is 18.1 Å². The minimum absolute atomic E-state index is 0.190. The van der Waals surface area contributed by atoms with Gasteiger partial charge in [-0.15, -0.1) is 0 Å². The summed E-state index contributed by atoms with van der Waals surface area (Å²) in [5.74, 6) is 0.609. The van der Waals surface area contributed by atoms with Crippen LogP contribution in [0.3, 0.4) is 0 Å². The van der Waals surface area contributed by atoms with Crippen molar-refractivity contribution in [2.45, 2.75) is 26.8 Å². The second kappa shape index (κ2) is 9.18. The number of hydrogen-bond acceptors (Lipinski definition) is 5. The molecule has 0 unspecified atom stereocenters. The molecule has 0 aliphatic carbocycles. The summed E-state index contributed by atoms with van der Waals surface area (Å²) < 4.78 is 31.9. The number of amides is 1. The monoisotopic (exact) mass is 445 g/mol. The highest BCUT2D eigenvalue weighted by Gasteiger charge is 2.33. The number of carbonyl (C=O) groups excluding carboxylic acids is 1. The van der Waals surface area contributed by atoms with Crippen molar-refractivity contribution in [2.24, 2.45) is 0 Å². The summed E-state index contributed by atoms with van der Waals surface area (Å²) in [4.78, 5) is 17.2. The molecule has 0 aromatic heterocycles. The van der Waals surface area contributed by atoms with Gasteiger partial charge in [0.1, 0.15) is 11.8 Å². The molecule has 0 saturated carbocycles. The third kappa shape index (κ3) is 5.12. The predicted octanol–water partition coefficient (Wildman–Crippen LogP) is 2.82. The van der Waals surface area contributed by atoms with Crippen molar-refractivity contribution in [1.29, 1.82) is 0 Å². The van der Waals surface area contributed by atoms with Gasteiger partial charge in [0.15, 0.2) is 0 Å². The Balaban J connectivity index is 1.77. The molecule has 1 heterocycles. The Morgan fingerprint density at radius 1 is 1.03 bits per heavy atom. The molecule has 2 aromatic rings. The van der Waals surface area contributed by atoms with Crippen LogP contribution in [0.2, 0.25) is 0 Å². The van der Waals surface area contributed by atoms with E-state index in [1.165, 1.54) is 4.31 Å². The Labute approximate surface area is 185 Å². The van der Waals surface area contributed by atoms with Crippen LogP contribution in [-0.2, 0) is 14.8 Å². The van der Waals surface area contributed by atoms with Gasteiger partial charge in [-0.05, 0) is 56.2 Å². The van der Waals surface area contributed by atoms with Crippen LogP contribution in [-0.4, -0.2) is 64.8 Å². The van der Waals surface area contributed by atoms with Crippen LogP contribution < -0.4 is 13.9 Å². The maximum absolute atomic E-state index is 13.3. The van der Waals surface area contributed by atoms with E-state index in [1.807, 2.05) is 44.2 Å². The molecule has 1 aliphatic rings. The van der Waals surface area contributed by atoms with E-state index in [9.17, 15) is 13.2 Å². The number of hydrogen-bond donors (Lipinski definition) is 0. The van der Waals surface area contributed by atoms with Crippen molar-refractivity contribution < 1.29 is 17.9 Å².